The molecule has 1 heterocycles. The number of alkyl halides is 6. The highest BCUT2D eigenvalue weighted by atomic mass is 19.4. The predicted molar refractivity (Wildman–Crippen MR) is 95.3 cm³/mol. The second kappa shape index (κ2) is 7.86. The normalized spacial score (nSPS) is 19.6. The van der Waals surface area contributed by atoms with Crippen LogP contribution in [0.2, 0.25) is 0 Å². The van der Waals surface area contributed by atoms with Crippen LogP contribution in [0.25, 0.3) is 0 Å². The lowest BCUT2D eigenvalue weighted by molar-refractivity contribution is -0.138. The summed E-state index contributed by atoms with van der Waals surface area (Å²) in [5.41, 5.74) is -3.15. The lowest BCUT2D eigenvalue weighted by Gasteiger charge is -2.20. The van der Waals surface area contributed by atoms with Gasteiger partial charge in [-0.05, 0) is 29.8 Å². The van der Waals surface area contributed by atoms with Crippen LogP contribution >= 0.6 is 0 Å². The zero-order valence-electron chi connectivity index (χ0n) is 15.8. The summed E-state index contributed by atoms with van der Waals surface area (Å²) in [6.07, 6.45) is -9.64. The van der Waals surface area contributed by atoms with E-state index in [-0.39, 0.29) is 18.2 Å². The molecule has 2 atom stereocenters. The number of amides is 2. The first-order chi connectivity index (χ1) is 14.3. The van der Waals surface area contributed by atoms with Gasteiger partial charge in [-0.1, -0.05) is 18.2 Å². The van der Waals surface area contributed by atoms with Gasteiger partial charge in [0.2, 0.25) is 11.8 Å². The lowest BCUT2D eigenvalue weighted by Crippen LogP contribution is -2.33. The first kappa shape index (κ1) is 22.6. The Labute approximate surface area is 171 Å². The second-order valence-corrected chi connectivity index (χ2v) is 7.10. The number of likely N-dealkylation sites (tertiary alicyclic amines) is 1. The van der Waals surface area contributed by atoms with Crippen LogP contribution in [0.4, 0.5) is 36.4 Å². The Kier molecular flexibility index (Phi) is 5.72. The number of halogens is 7. The molecule has 1 aliphatic heterocycles. The number of hydrogen-bond acceptors (Lipinski definition) is 2. The zero-order chi connectivity index (χ0) is 23.1. The minimum Gasteiger partial charge on any atom is -0.344 e. The predicted octanol–water partition coefficient (Wildman–Crippen LogP) is 4.67. The number of likely N-dealkylation sites (N-methyl/N-ethyl adjacent to an activating group) is 1. The van der Waals surface area contributed by atoms with Gasteiger partial charge in [-0.2, -0.15) is 26.3 Å². The van der Waals surface area contributed by atoms with Gasteiger partial charge < -0.3 is 10.2 Å². The monoisotopic (exact) mass is 448 g/mol. The van der Waals surface area contributed by atoms with E-state index in [0.717, 1.165) is 23.1 Å². The van der Waals surface area contributed by atoms with E-state index >= 15 is 0 Å². The van der Waals surface area contributed by atoms with Crippen molar-refractivity contribution in [3.05, 3.63) is 65.0 Å². The molecule has 1 fully saturated rings. The molecule has 11 heteroatoms. The third-order valence-electron chi connectivity index (χ3n) is 4.98. The van der Waals surface area contributed by atoms with Crippen LogP contribution in [0.5, 0.6) is 0 Å². The summed E-state index contributed by atoms with van der Waals surface area (Å²) in [6.45, 7) is -0.103. The van der Waals surface area contributed by atoms with Crippen molar-refractivity contribution >= 4 is 17.5 Å². The average molecular weight is 448 g/mol. The van der Waals surface area contributed by atoms with Gasteiger partial charge in [0.15, 0.2) is 0 Å². The average Bonchev–Trinajstić information content (AvgIpc) is 2.97. The molecule has 2 aromatic rings. The van der Waals surface area contributed by atoms with Gasteiger partial charge in [0.1, 0.15) is 11.7 Å². The van der Waals surface area contributed by atoms with Crippen molar-refractivity contribution in [2.24, 2.45) is 5.92 Å². The molecular formula is C20H15F7N2O2. The Bertz CT molecular complexity index is 1020. The summed E-state index contributed by atoms with van der Waals surface area (Å²) < 4.78 is 92.0. The van der Waals surface area contributed by atoms with Crippen molar-refractivity contribution in [1.29, 1.82) is 0 Å². The van der Waals surface area contributed by atoms with Gasteiger partial charge in [-0.3, -0.25) is 9.59 Å². The van der Waals surface area contributed by atoms with E-state index in [1.54, 1.807) is 0 Å². The van der Waals surface area contributed by atoms with Crippen molar-refractivity contribution < 1.29 is 40.3 Å². The number of nitrogens with zero attached hydrogens (tertiary/aromatic N) is 1. The van der Waals surface area contributed by atoms with Crippen LogP contribution in [0, 0.1) is 11.7 Å². The standard InChI is InChI=1S/C20H15F7N2O2/c1-29-9-13(10-3-2-4-11(7-10)19(22,23)24)16(18(29)31)17(30)28-15-6-5-12(21)8-14(15)20(25,26)27/h2-8,13,16H,9H2,1H3,(H,28,30)/t13-,16+/m1/s1. The molecular weight excluding hydrogens is 433 g/mol. The molecule has 166 valence electrons. The maximum atomic E-state index is 13.3. The van der Waals surface area contributed by atoms with Gasteiger partial charge >= 0.3 is 12.4 Å². The highest BCUT2D eigenvalue weighted by molar-refractivity contribution is 6.08. The summed E-state index contributed by atoms with van der Waals surface area (Å²) in [7, 11) is 1.33. The molecule has 0 aliphatic carbocycles. The highest BCUT2D eigenvalue weighted by Crippen LogP contribution is 2.39. The molecule has 0 saturated carbocycles. The number of rotatable bonds is 3. The second-order valence-electron chi connectivity index (χ2n) is 7.10. The van der Waals surface area contributed by atoms with Crippen LogP contribution in [-0.4, -0.2) is 30.3 Å². The number of benzene rings is 2. The van der Waals surface area contributed by atoms with Crippen molar-refractivity contribution in [3.63, 3.8) is 0 Å². The highest BCUT2D eigenvalue weighted by Gasteiger charge is 2.45. The summed E-state index contributed by atoms with van der Waals surface area (Å²) >= 11 is 0. The number of nitrogens with one attached hydrogen (secondary N) is 1. The summed E-state index contributed by atoms with van der Waals surface area (Å²) in [5.74, 6) is -5.64. The van der Waals surface area contributed by atoms with Gasteiger partial charge in [0, 0.05) is 19.5 Å². The molecule has 0 bridgehead atoms. The van der Waals surface area contributed by atoms with E-state index in [0.29, 0.717) is 12.1 Å². The van der Waals surface area contributed by atoms with E-state index in [4.69, 9.17) is 0 Å². The maximum Gasteiger partial charge on any atom is 0.418 e. The fraction of sp³-hybridized carbons (Fsp3) is 0.300. The molecule has 0 spiro atoms. The van der Waals surface area contributed by atoms with Gasteiger partial charge in [-0.15, -0.1) is 0 Å². The minimum atomic E-state index is -4.98. The molecule has 3 rings (SSSR count). The first-order valence-corrected chi connectivity index (χ1v) is 8.89. The molecule has 0 aromatic heterocycles. The minimum absolute atomic E-state index is 0.0443. The Balaban J connectivity index is 1.96. The number of hydrogen-bond donors (Lipinski definition) is 1. The molecule has 2 amide bonds. The molecule has 0 radical (unpaired) electrons. The Morgan fingerprint density at radius 2 is 1.71 bits per heavy atom. The number of carbonyl (C=O) groups is 2. The molecule has 1 N–H and O–H groups in total. The first-order valence-electron chi connectivity index (χ1n) is 8.89. The fourth-order valence-electron chi connectivity index (χ4n) is 3.51. The maximum absolute atomic E-state index is 13.3. The molecule has 31 heavy (non-hydrogen) atoms. The third-order valence-corrected chi connectivity index (χ3v) is 4.98. The smallest absolute Gasteiger partial charge is 0.344 e. The third kappa shape index (κ3) is 4.64. The molecule has 1 saturated heterocycles. The number of anilines is 1. The topological polar surface area (TPSA) is 49.4 Å². The van der Waals surface area contributed by atoms with Gasteiger partial charge in [0.25, 0.3) is 0 Å². The van der Waals surface area contributed by atoms with E-state index in [1.165, 1.54) is 13.1 Å². The fourth-order valence-corrected chi connectivity index (χ4v) is 3.51. The van der Waals surface area contributed by atoms with Crippen LogP contribution in [0.15, 0.2) is 42.5 Å². The molecule has 0 unspecified atom stereocenters. The van der Waals surface area contributed by atoms with E-state index in [2.05, 4.69) is 0 Å². The van der Waals surface area contributed by atoms with Crippen molar-refractivity contribution in [2.45, 2.75) is 18.3 Å². The largest absolute Gasteiger partial charge is 0.418 e. The molecule has 2 aromatic carbocycles. The van der Waals surface area contributed by atoms with E-state index in [9.17, 15) is 40.3 Å². The molecule has 4 nitrogen and oxygen atoms in total. The summed E-state index contributed by atoms with van der Waals surface area (Å²) in [6, 6.07) is 5.67. The lowest BCUT2D eigenvalue weighted by atomic mass is 9.87. The van der Waals surface area contributed by atoms with E-state index in [1.807, 2.05) is 5.32 Å². The van der Waals surface area contributed by atoms with E-state index < -0.39 is 58.6 Å². The van der Waals surface area contributed by atoms with Crippen LogP contribution < -0.4 is 5.32 Å². The van der Waals surface area contributed by atoms with Gasteiger partial charge in [-0.25, -0.2) is 4.39 Å². The quantitative estimate of drug-likeness (QED) is 0.548. The van der Waals surface area contributed by atoms with Gasteiger partial charge in [0.05, 0.1) is 16.8 Å². The Morgan fingerprint density at radius 3 is 2.32 bits per heavy atom. The SMILES string of the molecule is CN1C[C@H](c2cccc(C(F)(F)F)c2)[C@@H](C(=O)Nc2ccc(F)cc2C(F)(F)F)C1=O. The van der Waals surface area contributed by atoms with Crippen LogP contribution in [0.1, 0.15) is 22.6 Å². The van der Waals surface area contributed by atoms with Crippen LogP contribution in [0.3, 0.4) is 0 Å². The summed E-state index contributed by atoms with van der Waals surface area (Å²) in [4.78, 5) is 26.4. The van der Waals surface area contributed by atoms with Crippen molar-refractivity contribution in [3.8, 4) is 0 Å². The molecule has 1 aliphatic rings. The van der Waals surface area contributed by atoms with Crippen molar-refractivity contribution in [2.75, 3.05) is 18.9 Å². The van der Waals surface area contributed by atoms with Crippen molar-refractivity contribution in [1.82, 2.24) is 4.90 Å². The Morgan fingerprint density at radius 1 is 1.03 bits per heavy atom. The zero-order valence-corrected chi connectivity index (χ0v) is 15.8. The van der Waals surface area contributed by atoms with Crippen LogP contribution in [-0.2, 0) is 21.9 Å². The number of carbonyl (C=O) groups excluding carboxylic acids is 2. The summed E-state index contributed by atoms with van der Waals surface area (Å²) in [5, 5.41) is 1.99. The Hall–Kier alpha value is -3.11.